The van der Waals surface area contributed by atoms with Crippen molar-refractivity contribution in [2.75, 3.05) is 7.11 Å². The van der Waals surface area contributed by atoms with Crippen molar-refractivity contribution in [3.8, 4) is 5.75 Å². The number of aryl methyl sites for hydroxylation is 1. The van der Waals surface area contributed by atoms with Gasteiger partial charge in [0.25, 0.3) is 0 Å². The summed E-state index contributed by atoms with van der Waals surface area (Å²) >= 11 is 1.64. The smallest absolute Gasteiger partial charge is 0.149 e. The zero-order chi connectivity index (χ0) is 20.5. The zero-order valence-electron chi connectivity index (χ0n) is 17.0. The molecule has 29 heavy (non-hydrogen) atoms. The summed E-state index contributed by atoms with van der Waals surface area (Å²) in [4.78, 5) is 2.13. The topological polar surface area (TPSA) is 68.4 Å². The number of rotatable bonds is 11. The summed E-state index contributed by atoms with van der Waals surface area (Å²) in [6, 6.07) is 12.1. The number of hydrogen-bond acceptors (Lipinski definition) is 6. The summed E-state index contributed by atoms with van der Waals surface area (Å²) < 4.78 is 10.2. The molecule has 0 saturated heterocycles. The molecule has 0 fully saturated rings. The van der Waals surface area contributed by atoms with Crippen molar-refractivity contribution in [2.45, 2.75) is 61.3 Å². The van der Waals surface area contributed by atoms with E-state index in [4.69, 9.17) is 9.37 Å². The second-order valence-electron chi connectivity index (χ2n) is 6.99. The normalized spacial score (nSPS) is 12.7. The van der Waals surface area contributed by atoms with Crippen LogP contribution in [0.3, 0.4) is 0 Å². The second-order valence-corrected chi connectivity index (χ2v) is 8.11. The molecule has 1 heterocycles. The van der Waals surface area contributed by atoms with Crippen molar-refractivity contribution >= 4 is 22.8 Å². The molecule has 0 amide bonds. The molecule has 3 rings (SSSR count). The number of fused-ring (bicyclic) bond motifs is 1. The average Bonchev–Trinajstić information content (AvgIpc) is 3.23. The Labute approximate surface area is 176 Å². The van der Waals surface area contributed by atoms with Gasteiger partial charge in [-0.05, 0) is 78.3 Å². The molecule has 1 atom stereocenters. The maximum atomic E-state index is 9.77. The highest BCUT2D eigenvalue weighted by molar-refractivity contribution is 7.99. The highest BCUT2D eigenvalue weighted by Crippen LogP contribution is 2.34. The Balaban J connectivity index is 1.59. The van der Waals surface area contributed by atoms with Crippen molar-refractivity contribution in [3.63, 3.8) is 0 Å². The van der Waals surface area contributed by atoms with Crippen molar-refractivity contribution in [2.24, 2.45) is 0 Å². The summed E-state index contributed by atoms with van der Waals surface area (Å²) in [6.45, 7) is 2.10. The van der Waals surface area contributed by atoms with Crippen LogP contribution in [-0.4, -0.2) is 28.6 Å². The Bertz CT molecular complexity index is 922. The van der Waals surface area contributed by atoms with Crippen LogP contribution in [0, 0.1) is 0 Å². The van der Waals surface area contributed by atoms with Crippen LogP contribution in [0.15, 0.2) is 63.0 Å². The Morgan fingerprint density at radius 1 is 1.03 bits per heavy atom. The Kier molecular flexibility index (Phi) is 8.14. The Morgan fingerprint density at radius 2 is 1.79 bits per heavy atom. The van der Waals surface area contributed by atoms with Crippen LogP contribution >= 0.6 is 11.8 Å². The Hall–Kier alpha value is -2.31. The molecule has 1 unspecified atom stereocenters. The van der Waals surface area contributed by atoms with E-state index in [1.165, 1.54) is 0 Å². The lowest BCUT2D eigenvalue weighted by Gasteiger charge is -2.06. The van der Waals surface area contributed by atoms with Gasteiger partial charge in [-0.15, -0.1) is 0 Å². The van der Waals surface area contributed by atoms with Crippen molar-refractivity contribution < 1.29 is 14.5 Å². The van der Waals surface area contributed by atoms with Gasteiger partial charge in [-0.1, -0.05) is 43.3 Å². The lowest BCUT2D eigenvalue weighted by Crippen LogP contribution is -2.04. The number of nitrogens with zero attached hydrogens (tertiary/aromatic N) is 2. The van der Waals surface area contributed by atoms with Gasteiger partial charge < -0.3 is 9.84 Å². The van der Waals surface area contributed by atoms with E-state index in [1.54, 1.807) is 18.9 Å². The Morgan fingerprint density at radius 3 is 2.55 bits per heavy atom. The second kappa shape index (κ2) is 11.0. The van der Waals surface area contributed by atoms with Gasteiger partial charge >= 0.3 is 0 Å². The van der Waals surface area contributed by atoms with Crippen LogP contribution in [0.2, 0.25) is 0 Å². The predicted molar refractivity (Wildman–Crippen MR) is 117 cm³/mol. The van der Waals surface area contributed by atoms with Gasteiger partial charge in [0, 0.05) is 9.79 Å². The fourth-order valence-corrected chi connectivity index (χ4v) is 4.08. The van der Waals surface area contributed by atoms with Crippen molar-refractivity contribution in [1.82, 2.24) is 10.3 Å². The van der Waals surface area contributed by atoms with Crippen LogP contribution in [0.1, 0.15) is 44.6 Å². The van der Waals surface area contributed by atoms with Gasteiger partial charge in [0.15, 0.2) is 0 Å². The van der Waals surface area contributed by atoms with Crippen LogP contribution < -0.4 is 4.74 Å². The summed E-state index contributed by atoms with van der Waals surface area (Å²) in [5, 5.41) is 18.0. The van der Waals surface area contributed by atoms with Crippen LogP contribution in [0.25, 0.3) is 11.0 Å². The van der Waals surface area contributed by atoms with Crippen LogP contribution in [-0.2, 0) is 6.42 Å². The third-order valence-corrected chi connectivity index (χ3v) is 5.84. The fourth-order valence-electron chi connectivity index (χ4n) is 3.19. The number of methoxy groups -OCH3 is 1. The van der Waals surface area contributed by atoms with E-state index >= 15 is 0 Å². The van der Waals surface area contributed by atoms with Crippen molar-refractivity contribution in [3.05, 3.63) is 54.1 Å². The van der Waals surface area contributed by atoms with Gasteiger partial charge in [-0.2, -0.15) is 0 Å². The van der Waals surface area contributed by atoms with E-state index in [-0.39, 0.29) is 6.10 Å². The first-order valence-electron chi connectivity index (χ1n) is 10.1. The van der Waals surface area contributed by atoms with Gasteiger partial charge in [-0.3, -0.25) is 0 Å². The van der Waals surface area contributed by atoms with E-state index in [0.717, 1.165) is 70.7 Å². The number of benzene rings is 2. The summed E-state index contributed by atoms with van der Waals surface area (Å²) in [7, 11) is 1.66. The minimum atomic E-state index is -0.179. The molecule has 5 nitrogen and oxygen atoms in total. The predicted octanol–water partition coefficient (Wildman–Crippen LogP) is 5.81. The van der Waals surface area contributed by atoms with Crippen molar-refractivity contribution in [1.29, 1.82) is 0 Å². The molecule has 0 aliphatic heterocycles. The highest BCUT2D eigenvalue weighted by Gasteiger charge is 2.12. The highest BCUT2D eigenvalue weighted by atomic mass is 32.2. The maximum absolute atomic E-state index is 9.77. The third-order valence-electron chi connectivity index (χ3n) is 4.78. The lowest BCUT2D eigenvalue weighted by atomic mass is 10.1. The van der Waals surface area contributed by atoms with Gasteiger partial charge in [0.05, 0.1) is 13.2 Å². The number of allylic oxidation sites excluding steroid dienone is 2. The number of hydrogen-bond donors (Lipinski definition) is 1. The van der Waals surface area contributed by atoms with Gasteiger partial charge in [-0.25, -0.2) is 4.63 Å². The molecule has 0 radical (unpaired) electrons. The SMILES string of the molecule is CCCC(O)CC/C=C/CCc1ccc(Sc2ccc(OC)cc2)c2nonc12. The number of aromatic nitrogens is 2. The van der Waals surface area contributed by atoms with Gasteiger partial charge in [0.1, 0.15) is 16.8 Å². The fraction of sp³-hybridized carbons (Fsp3) is 0.391. The maximum Gasteiger partial charge on any atom is 0.149 e. The molecule has 0 bridgehead atoms. The largest absolute Gasteiger partial charge is 0.497 e. The molecule has 154 valence electrons. The summed E-state index contributed by atoms with van der Waals surface area (Å²) in [5.41, 5.74) is 2.77. The molecule has 0 saturated carbocycles. The minimum absolute atomic E-state index is 0.179. The van der Waals surface area contributed by atoms with E-state index in [9.17, 15) is 5.11 Å². The lowest BCUT2D eigenvalue weighted by molar-refractivity contribution is 0.155. The van der Waals surface area contributed by atoms with E-state index < -0.39 is 0 Å². The molecule has 2 aromatic carbocycles. The summed E-state index contributed by atoms with van der Waals surface area (Å²) in [6.07, 6.45) is 9.62. The molecule has 0 aliphatic carbocycles. The third kappa shape index (κ3) is 6.08. The van der Waals surface area contributed by atoms with E-state index in [1.807, 2.05) is 24.3 Å². The molecular weight excluding hydrogens is 384 g/mol. The number of ether oxygens (including phenoxy) is 1. The standard InChI is InChI=1S/C23H28N2O3S/c1-3-8-18(26)10-7-5-4-6-9-17-11-16-21(23-22(17)24-28-25-23)29-20-14-12-19(27-2)13-15-20/h4-5,11-16,18,26H,3,6-10H2,1-2H3/b5-4+. The molecular formula is C23H28N2O3S. The van der Waals surface area contributed by atoms with E-state index in [0.29, 0.717) is 0 Å². The first kappa shape index (κ1) is 21.4. The molecule has 0 spiro atoms. The van der Waals surface area contributed by atoms with Gasteiger partial charge in [0.2, 0.25) is 0 Å². The van der Waals surface area contributed by atoms with Crippen LogP contribution in [0.4, 0.5) is 0 Å². The molecule has 3 aromatic rings. The van der Waals surface area contributed by atoms with Crippen LogP contribution in [0.5, 0.6) is 5.75 Å². The molecule has 0 aliphatic rings. The number of aliphatic hydroxyl groups is 1. The molecule has 1 N–H and O–H groups in total. The van der Waals surface area contributed by atoms with E-state index in [2.05, 4.69) is 41.5 Å². The number of aliphatic hydroxyl groups excluding tert-OH is 1. The first-order valence-corrected chi connectivity index (χ1v) is 10.9. The zero-order valence-corrected chi connectivity index (χ0v) is 17.8. The molecule has 1 aromatic heterocycles. The monoisotopic (exact) mass is 412 g/mol. The summed E-state index contributed by atoms with van der Waals surface area (Å²) in [5.74, 6) is 0.839. The average molecular weight is 413 g/mol. The minimum Gasteiger partial charge on any atom is -0.497 e. The first-order chi connectivity index (χ1) is 14.2. The molecule has 6 heteroatoms. The quantitative estimate of drug-likeness (QED) is 0.401.